The number of halogens is 1. The number of rotatable bonds is 12. The highest BCUT2D eigenvalue weighted by molar-refractivity contribution is 7.69. The average Bonchev–Trinajstić information content (AvgIpc) is 2.93. The molecule has 36 heavy (non-hydrogen) atoms. The van der Waals surface area contributed by atoms with E-state index in [2.05, 4.69) is 111 Å². The summed E-state index contributed by atoms with van der Waals surface area (Å²) in [6, 6.07) is 36.6. The quantitative estimate of drug-likeness (QED) is 0.171. The Morgan fingerprint density at radius 2 is 1.25 bits per heavy atom. The predicted molar refractivity (Wildman–Crippen MR) is 157 cm³/mol. The lowest BCUT2D eigenvalue weighted by molar-refractivity contribution is 0.295. The molecule has 0 aliphatic rings. The Hall–Kier alpha value is -2.60. The molecule has 4 aromatic rings. The van der Waals surface area contributed by atoms with Crippen molar-refractivity contribution in [1.29, 1.82) is 0 Å². The second kappa shape index (κ2) is 13.1. The van der Waals surface area contributed by atoms with E-state index in [-0.39, 0.29) is 5.16 Å². The van der Waals surface area contributed by atoms with Gasteiger partial charge in [-0.05, 0) is 55.0 Å². The molecule has 2 atom stereocenters. The Labute approximate surface area is 223 Å². The second-order valence-corrected chi connectivity index (χ2v) is 11.2. The van der Waals surface area contributed by atoms with E-state index in [0.29, 0.717) is 14.5 Å². The van der Waals surface area contributed by atoms with E-state index in [1.165, 1.54) is 33.4 Å². The van der Waals surface area contributed by atoms with E-state index >= 15 is 0 Å². The number of hydrogen-bond acceptors (Lipinski definition) is 1. The Morgan fingerprint density at radius 1 is 0.694 bits per heavy atom. The van der Waals surface area contributed by atoms with E-state index in [9.17, 15) is 0 Å². The molecule has 4 rings (SSSR count). The molecule has 0 heterocycles. The molecule has 0 saturated heterocycles. The third-order valence-corrected chi connectivity index (χ3v) is 9.24. The molecular weight excluding hydrogens is 479 g/mol. The predicted octanol–water partition coefficient (Wildman–Crippen LogP) is 9.68. The van der Waals surface area contributed by atoms with Gasteiger partial charge in [-0.2, -0.15) is 0 Å². The molecule has 0 N–H and O–H groups in total. The van der Waals surface area contributed by atoms with Crippen LogP contribution in [0.15, 0.2) is 103 Å². The number of ether oxygens (including phenoxy) is 1. The van der Waals surface area contributed by atoms with Crippen molar-refractivity contribution < 1.29 is 4.74 Å². The SMILES string of the molecule is CCCC(CC)(PCl)c1cc(Cc2ccccc2)cc(Cc2ccccc2)c1OCc1ccccc1. The summed E-state index contributed by atoms with van der Waals surface area (Å²) in [5.41, 5.74) is 7.61. The van der Waals surface area contributed by atoms with Crippen molar-refractivity contribution >= 4 is 19.2 Å². The fraction of sp³-hybridized carbons (Fsp3) is 0.273. The first-order valence-corrected chi connectivity index (χ1v) is 15.0. The topological polar surface area (TPSA) is 9.23 Å². The van der Waals surface area contributed by atoms with E-state index in [4.69, 9.17) is 16.0 Å². The van der Waals surface area contributed by atoms with Crippen LogP contribution < -0.4 is 4.74 Å². The van der Waals surface area contributed by atoms with E-state index in [1.54, 1.807) is 0 Å². The van der Waals surface area contributed by atoms with Gasteiger partial charge in [0.1, 0.15) is 12.4 Å². The third-order valence-electron chi connectivity index (χ3n) is 6.92. The standard InChI is InChI=1S/C33H36ClOP/c1-3-20-33(4-2,36-34)31-24-29(21-26-14-8-5-9-15-26)23-30(22-27-16-10-6-11-17-27)32(31)35-25-28-18-12-7-13-19-28/h5-19,23-24,36H,3-4,20-22,25H2,1-2H3. The summed E-state index contributed by atoms with van der Waals surface area (Å²) < 4.78 is 6.73. The highest BCUT2D eigenvalue weighted by Gasteiger charge is 2.33. The lowest BCUT2D eigenvalue weighted by atomic mass is 9.85. The van der Waals surface area contributed by atoms with E-state index < -0.39 is 0 Å². The summed E-state index contributed by atoms with van der Waals surface area (Å²) >= 11 is 6.82. The van der Waals surface area contributed by atoms with Crippen molar-refractivity contribution in [1.82, 2.24) is 0 Å². The Bertz CT molecular complexity index is 1200. The van der Waals surface area contributed by atoms with Gasteiger partial charge in [0, 0.05) is 17.1 Å². The maximum absolute atomic E-state index is 6.82. The monoisotopic (exact) mass is 514 g/mol. The van der Waals surface area contributed by atoms with Crippen LogP contribution in [0, 0.1) is 0 Å². The zero-order chi connectivity index (χ0) is 25.2. The fourth-order valence-corrected chi connectivity index (χ4v) is 6.74. The van der Waals surface area contributed by atoms with Gasteiger partial charge in [-0.1, -0.05) is 135 Å². The molecule has 0 fully saturated rings. The van der Waals surface area contributed by atoms with Crippen LogP contribution in [-0.2, 0) is 24.6 Å². The van der Waals surface area contributed by atoms with Gasteiger partial charge in [-0.3, -0.25) is 0 Å². The van der Waals surface area contributed by atoms with Crippen molar-refractivity contribution in [2.75, 3.05) is 0 Å². The molecule has 1 nitrogen and oxygen atoms in total. The summed E-state index contributed by atoms with van der Waals surface area (Å²) in [6.07, 6.45) is 4.85. The average molecular weight is 515 g/mol. The van der Waals surface area contributed by atoms with Crippen molar-refractivity contribution in [3.63, 3.8) is 0 Å². The largest absolute Gasteiger partial charge is 0.488 e. The number of hydrogen-bond donors (Lipinski definition) is 0. The summed E-state index contributed by atoms with van der Waals surface area (Å²) in [6.45, 7) is 5.07. The van der Waals surface area contributed by atoms with Gasteiger partial charge in [0.15, 0.2) is 0 Å². The van der Waals surface area contributed by atoms with Crippen molar-refractivity contribution in [3.05, 3.63) is 137 Å². The smallest absolute Gasteiger partial charge is 0.127 e. The van der Waals surface area contributed by atoms with E-state index in [0.717, 1.165) is 37.9 Å². The molecule has 0 aromatic heterocycles. The molecule has 0 amide bonds. The Morgan fingerprint density at radius 3 is 1.78 bits per heavy atom. The van der Waals surface area contributed by atoms with Crippen LogP contribution in [0.4, 0.5) is 0 Å². The van der Waals surface area contributed by atoms with Crippen LogP contribution in [-0.4, -0.2) is 0 Å². The maximum Gasteiger partial charge on any atom is 0.127 e. The van der Waals surface area contributed by atoms with Crippen LogP contribution in [0.1, 0.15) is 66.5 Å². The van der Waals surface area contributed by atoms with Crippen molar-refractivity contribution in [2.24, 2.45) is 0 Å². The normalized spacial score (nSPS) is 13.1. The van der Waals surface area contributed by atoms with Crippen LogP contribution in [0.2, 0.25) is 0 Å². The first kappa shape index (κ1) is 26.5. The zero-order valence-corrected chi connectivity index (χ0v) is 23.1. The van der Waals surface area contributed by atoms with Crippen molar-refractivity contribution in [2.45, 2.75) is 57.7 Å². The first-order valence-electron chi connectivity index (χ1n) is 13.0. The molecule has 186 valence electrons. The highest BCUT2D eigenvalue weighted by atomic mass is 35.7. The lowest BCUT2D eigenvalue weighted by Gasteiger charge is -2.34. The molecular formula is C33H36ClOP. The molecule has 0 bridgehead atoms. The molecule has 0 aliphatic carbocycles. The summed E-state index contributed by atoms with van der Waals surface area (Å²) in [5.74, 6) is 1.02. The Kier molecular flexibility index (Phi) is 9.62. The maximum atomic E-state index is 6.82. The molecule has 0 radical (unpaired) electrons. The van der Waals surface area contributed by atoms with Gasteiger partial charge in [-0.25, -0.2) is 0 Å². The second-order valence-electron chi connectivity index (χ2n) is 9.51. The minimum absolute atomic E-state index is 0.0968. The molecule has 2 unspecified atom stereocenters. The summed E-state index contributed by atoms with van der Waals surface area (Å²) in [7, 11) is 0.292. The Balaban J connectivity index is 1.85. The van der Waals surface area contributed by atoms with Crippen LogP contribution in [0.5, 0.6) is 5.75 Å². The highest BCUT2D eigenvalue weighted by Crippen LogP contribution is 2.54. The van der Waals surface area contributed by atoms with Gasteiger partial charge < -0.3 is 4.74 Å². The van der Waals surface area contributed by atoms with E-state index in [1.807, 2.05) is 6.07 Å². The summed E-state index contributed by atoms with van der Waals surface area (Å²) in [5, 5.41) is -0.0968. The molecule has 0 spiro atoms. The third kappa shape index (κ3) is 6.58. The lowest BCUT2D eigenvalue weighted by Crippen LogP contribution is -2.21. The van der Waals surface area contributed by atoms with Crippen LogP contribution in [0.3, 0.4) is 0 Å². The zero-order valence-electron chi connectivity index (χ0n) is 21.3. The van der Waals surface area contributed by atoms with Gasteiger partial charge in [-0.15, -0.1) is 0 Å². The fourth-order valence-electron chi connectivity index (χ4n) is 4.98. The molecule has 4 aromatic carbocycles. The molecule has 0 aliphatic heterocycles. The van der Waals surface area contributed by atoms with Crippen LogP contribution in [0.25, 0.3) is 0 Å². The minimum Gasteiger partial charge on any atom is -0.488 e. The molecule has 3 heteroatoms. The van der Waals surface area contributed by atoms with Crippen molar-refractivity contribution in [3.8, 4) is 5.75 Å². The first-order chi connectivity index (χ1) is 17.7. The van der Waals surface area contributed by atoms with Gasteiger partial charge in [0.25, 0.3) is 0 Å². The summed E-state index contributed by atoms with van der Waals surface area (Å²) in [4.78, 5) is 0. The minimum atomic E-state index is -0.0968. The van der Waals surface area contributed by atoms with Gasteiger partial charge in [0.05, 0.1) is 0 Å². The van der Waals surface area contributed by atoms with Crippen LogP contribution >= 0.6 is 19.2 Å². The molecule has 0 saturated carbocycles. The van der Waals surface area contributed by atoms with Gasteiger partial charge in [0.2, 0.25) is 0 Å². The van der Waals surface area contributed by atoms with Gasteiger partial charge >= 0.3 is 0 Å². The number of benzene rings is 4.